The van der Waals surface area contributed by atoms with E-state index in [0.717, 1.165) is 11.2 Å². The van der Waals surface area contributed by atoms with Crippen molar-refractivity contribution in [1.82, 2.24) is 0 Å². The summed E-state index contributed by atoms with van der Waals surface area (Å²) in [4.78, 5) is 0. The van der Waals surface area contributed by atoms with Gasteiger partial charge in [-0.05, 0) is 37.4 Å². The maximum atomic E-state index is 6.06. The highest BCUT2D eigenvalue weighted by Gasteiger charge is 2.25. The summed E-state index contributed by atoms with van der Waals surface area (Å²) in [5.41, 5.74) is 6.06. The predicted octanol–water partition coefficient (Wildman–Crippen LogP) is 2.65. The Morgan fingerprint density at radius 2 is 2.17 bits per heavy atom. The number of thioether (sulfide) groups is 1. The van der Waals surface area contributed by atoms with Crippen LogP contribution in [0.4, 0.5) is 0 Å². The number of rotatable bonds is 3. The topological polar surface area (TPSA) is 26.0 Å². The third-order valence-electron chi connectivity index (χ3n) is 2.64. The largest absolute Gasteiger partial charge is 0.327 e. The summed E-state index contributed by atoms with van der Waals surface area (Å²) < 4.78 is 0. The lowest BCUT2D eigenvalue weighted by molar-refractivity contribution is 0.357. The molecule has 0 heterocycles. The molecule has 12 heavy (non-hydrogen) atoms. The summed E-state index contributed by atoms with van der Waals surface area (Å²) in [5, 5.41) is 0.744. The van der Waals surface area contributed by atoms with Crippen LogP contribution in [0.1, 0.15) is 39.5 Å². The smallest absolute Gasteiger partial charge is 0.0201 e. The third-order valence-corrected chi connectivity index (χ3v) is 4.26. The van der Waals surface area contributed by atoms with Crippen LogP contribution in [0.2, 0.25) is 0 Å². The fourth-order valence-corrected chi connectivity index (χ4v) is 3.20. The fourth-order valence-electron chi connectivity index (χ4n) is 1.81. The van der Waals surface area contributed by atoms with Crippen molar-refractivity contribution in [2.45, 2.75) is 50.8 Å². The van der Waals surface area contributed by atoms with Gasteiger partial charge in [0.2, 0.25) is 0 Å². The molecule has 1 fully saturated rings. The van der Waals surface area contributed by atoms with Crippen LogP contribution in [0.25, 0.3) is 0 Å². The Morgan fingerprint density at radius 1 is 1.42 bits per heavy atom. The van der Waals surface area contributed by atoms with Gasteiger partial charge in [-0.25, -0.2) is 0 Å². The quantitative estimate of drug-likeness (QED) is 0.735. The van der Waals surface area contributed by atoms with E-state index < -0.39 is 0 Å². The highest BCUT2D eigenvalue weighted by molar-refractivity contribution is 7.99. The van der Waals surface area contributed by atoms with Gasteiger partial charge in [-0.1, -0.05) is 13.8 Å². The van der Waals surface area contributed by atoms with Crippen molar-refractivity contribution >= 4 is 11.8 Å². The van der Waals surface area contributed by atoms with Crippen LogP contribution in [0.3, 0.4) is 0 Å². The van der Waals surface area contributed by atoms with Crippen molar-refractivity contribution in [3.8, 4) is 0 Å². The molecular formula is C10H21NS. The Labute approximate surface area is 80.5 Å². The zero-order valence-electron chi connectivity index (χ0n) is 8.25. The molecule has 0 aromatic heterocycles. The molecule has 72 valence electrons. The summed E-state index contributed by atoms with van der Waals surface area (Å²) in [6.07, 6.45) is 5.20. The first kappa shape index (κ1) is 10.4. The lowest BCUT2D eigenvalue weighted by atomic mass is 9.87. The van der Waals surface area contributed by atoms with Crippen LogP contribution in [-0.4, -0.2) is 17.0 Å². The van der Waals surface area contributed by atoms with Crippen molar-refractivity contribution in [1.29, 1.82) is 0 Å². The minimum absolute atomic E-state index is 0.470. The lowest BCUT2D eigenvalue weighted by Gasteiger charge is -2.31. The normalized spacial score (nSPS) is 36.8. The van der Waals surface area contributed by atoms with Crippen LogP contribution < -0.4 is 5.73 Å². The van der Waals surface area contributed by atoms with Gasteiger partial charge in [0, 0.05) is 11.3 Å². The van der Waals surface area contributed by atoms with Crippen LogP contribution >= 0.6 is 11.8 Å². The summed E-state index contributed by atoms with van der Waals surface area (Å²) in [7, 11) is 0. The van der Waals surface area contributed by atoms with E-state index in [9.17, 15) is 0 Å². The summed E-state index contributed by atoms with van der Waals surface area (Å²) >= 11 is 2.08. The van der Waals surface area contributed by atoms with Gasteiger partial charge in [0.1, 0.15) is 0 Å². The highest BCUT2D eigenvalue weighted by Crippen LogP contribution is 2.31. The van der Waals surface area contributed by atoms with E-state index in [-0.39, 0.29) is 0 Å². The molecule has 0 amide bonds. The molecule has 0 bridgehead atoms. The Morgan fingerprint density at radius 3 is 2.83 bits per heavy atom. The van der Waals surface area contributed by atoms with E-state index in [1.807, 2.05) is 0 Å². The molecule has 1 rings (SSSR count). The van der Waals surface area contributed by atoms with E-state index >= 15 is 0 Å². The maximum absolute atomic E-state index is 6.06. The van der Waals surface area contributed by atoms with Gasteiger partial charge in [0.15, 0.2) is 0 Å². The molecule has 0 aliphatic heterocycles. The SMILES string of the molecule is CCCSC1CC(C)CCC1N. The van der Waals surface area contributed by atoms with Crippen molar-refractivity contribution in [2.24, 2.45) is 11.7 Å². The van der Waals surface area contributed by atoms with Crippen molar-refractivity contribution in [2.75, 3.05) is 5.75 Å². The van der Waals surface area contributed by atoms with Crippen LogP contribution in [0.15, 0.2) is 0 Å². The average molecular weight is 187 g/mol. The zero-order chi connectivity index (χ0) is 8.97. The van der Waals surface area contributed by atoms with E-state index in [1.54, 1.807) is 0 Å². The molecular weight excluding hydrogens is 166 g/mol. The molecule has 2 heteroatoms. The van der Waals surface area contributed by atoms with Crippen LogP contribution in [0, 0.1) is 5.92 Å². The molecule has 0 aromatic rings. The van der Waals surface area contributed by atoms with Gasteiger partial charge in [0.25, 0.3) is 0 Å². The van der Waals surface area contributed by atoms with Gasteiger partial charge in [-0.3, -0.25) is 0 Å². The molecule has 3 unspecified atom stereocenters. The zero-order valence-corrected chi connectivity index (χ0v) is 9.07. The number of nitrogens with two attached hydrogens (primary N) is 1. The Bertz CT molecular complexity index is 127. The van der Waals surface area contributed by atoms with E-state index in [0.29, 0.717) is 6.04 Å². The van der Waals surface area contributed by atoms with E-state index in [2.05, 4.69) is 25.6 Å². The minimum Gasteiger partial charge on any atom is -0.327 e. The van der Waals surface area contributed by atoms with Crippen LogP contribution in [-0.2, 0) is 0 Å². The average Bonchev–Trinajstić information content (AvgIpc) is 2.07. The van der Waals surface area contributed by atoms with Gasteiger partial charge in [-0.2, -0.15) is 11.8 Å². The van der Waals surface area contributed by atoms with Gasteiger partial charge >= 0.3 is 0 Å². The number of hydrogen-bond donors (Lipinski definition) is 1. The first-order valence-electron chi connectivity index (χ1n) is 5.11. The van der Waals surface area contributed by atoms with E-state index in [1.165, 1.54) is 31.4 Å². The first-order valence-corrected chi connectivity index (χ1v) is 6.16. The Hall–Kier alpha value is 0.310. The molecule has 2 N–H and O–H groups in total. The molecule has 0 aromatic carbocycles. The lowest BCUT2D eigenvalue weighted by Crippen LogP contribution is -2.37. The molecule has 0 saturated heterocycles. The molecule has 1 nitrogen and oxygen atoms in total. The summed E-state index contributed by atoms with van der Waals surface area (Å²) in [5.74, 6) is 2.18. The van der Waals surface area contributed by atoms with Gasteiger partial charge in [-0.15, -0.1) is 0 Å². The molecule has 1 aliphatic carbocycles. The predicted molar refractivity (Wildman–Crippen MR) is 57.5 cm³/mol. The van der Waals surface area contributed by atoms with Crippen LogP contribution in [0.5, 0.6) is 0 Å². The molecule has 1 saturated carbocycles. The van der Waals surface area contributed by atoms with Crippen molar-refractivity contribution in [3.63, 3.8) is 0 Å². The Kier molecular flexibility index (Phi) is 4.44. The minimum atomic E-state index is 0.470. The molecule has 3 atom stereocenters. The monoisotopic (exact) mass is 187 g/mol. The highest BCUT2D eigenvalue weighted by atomic mass is 32.2. The van der Waals surface area contributed by atoms with Crippen molar-refractivity contribution in [3.05, 3.63) is 0 Å². The second kappa shape index (κ2) is 5.13. The first-order chi connectivity index (χ1) is 5.74. The van der Waals surface area contributed by atoms with Crippen molar-refractivity contribution < 1.29 is 0 Å². The fraction of sp³-hybridized carbons (Fsp3) is 1.00. The molecule has 0 spiro atoms. The second-order valence-corrected chi connectivity index (χ2v) is 5.34. The Balaban J connectivity index is 2.28. The number of hydrogen-bond acceptors (Lipinski definition) is 2. The van der Waals surface area contributed by atoms with E-state index in [4.69, 9.17) is 5.73 Å². The maximum Gasteiger partial charge on any atom is 0.0201 e. The van der Waals surface area contributed by atoms with Gasteiger partial charge in [0.05, 0.1) is 0 Å². The summed E-state index contributed by atoms with van der Waals surface area (Å²) in [6, 6.07) is 0.470. The van der Waals surface area contributed by atoms with Gasteiger partial charge < -0.3 is 5.73 Å². The molecule has 0 radical (unpaired) electrons. The molecule has 1 aliphatic rings. The second-order valence-electron chi connectivity index (χ2n) is 3.99. The standard InChI is InChI=1S/C10H21NS/c1-3-6-12-10-7-8(2)4-5-9(10)11/h8-10H,3-7,11H2,1-2H3. The summed E-state index contributed by atoms with van der Waals surface area (Å²) in [6.45, 7) is 4.59. The third kappa shape index (κ3) is 2.98.